The monoisotopic (exact) mass is 322 g/mol. The highest BCUT2D eigenvalue weighted by molar-refractivity contribution is 6.13. The van der Waals surface area contributed by atoms with Crippen molar-refractivity contribution < 1.29 is 9.59 Å². The minimum absolute atomic E-state index is 0.130. The van der Waals surface area contributed by atoms with Gasteiger partial charge in [-0.3, -0.25) is 9.59 Å². The van der Waals surface area contributed by atoms with E-state index >= 15 is 0 Å². The zero-order valence-corrected chi connectivity index (χ0v) is 14.1. The summed E-state index contributed by atoms with van der Waals surface area (Å²) in [6, 6.07) is 17.4. The lowest BCUT2D eigenvalue weighted by Crippen LogP contribution is -2.43. The Morgan fingerprint density at radius 3 is 2.25 bits per heavy atom. The summed E-state index contributed by atoms with van der Waals surface area (Å²) in [5.74, 6) is -0.300. The van der Waals surface area contributed by atoms with Gasteiger partial charge >= 0.3 is 0 Å². The van der Waals surface area contributed by atoms with Gasteiger partial charge in [0.05, 0.1) is 0 Å². The molecule has 2 amide bonds. The summed E-state index contributed by atoms with van der Waals surface area (Å²) in [6.45, 7) is 2.48. The van der Waals surface area contributed by atoms with Crippen LogP contribution in [-0.4, -0.2) is 18.9 Å². The fraction of sp³-hybridized carbons (Fsp3) is 0.300. The highest BCUT2D eigenvalue weighted by atomic mass is 16.2. The van der Waals surface area contributed by atoms with E-state index in [4.69, 9.17) is 0 Å². The maximum Gasteiger partial charge on any atom is 0.242 e. The lowest BCUT2D eigenvalue weighted by atomic mass is 10.0. The highest BCUT2D eigenvalue weighted by Crippen LogP contribution is 2.47. The molecule has 0 saturated heterocycles. The molecule has 3 rings (SSSR count). The zero-order valence-electron chi connectivity index (χ0n) is 14.1. The maximum absolute atomic E-state index is 12.8. The molecule has 1 fully saturated rings. The fourth-order valence-electron chi connectivity index (χ4n) is 2.81. The molecule has 124 valence electrons. The molecule has 4 nitrogen and oxygen atoms in total. The van der Waals surface area contributed by atoms with Crippen LogP contribution in [0.15, 0.2) is 54.6 Å². The van der Waals surface area contributed by atoms with Gasteiger partial charge in [-0.2, -0.15) is 0 Å². The predicted molar refractivity (Wildman–Crippen MR) is 94.5 cm³/mol. The van der Waals surface area contributed by atoms with Crippen molar-refractivity contribution in [3.05, 3.63) is 65.7 Å². The van der Waals surface area contributed by atoms with Crippen LogP contribution in [0.1, 0.15) is 24.0 Å². The van der Waals surface area contributed by atoms with Gasteiger partial charge in [-0.15, -0.1) is 0 Å². The molecule has 1 saturated carbocycles. The van der Waals surface area contributed by atoms with Crippen LogP contribution in [-0.2, 0) is 16.1 Å². The molecule has 0 aliphatic heterocycles. The van der Waals surface area contributed by atoms with E-state index in [2.05, 4.69) is 5.32 Å². The normalized spacial score (nSPS) is 14.8. The number of nitrogens with one attached hydrogen (secondary N) is 1. The molecule has 1 N–H and O–H groups in total. The molecule has 0 atom stereocenters. The number of hydrogen-bond donors (Lipinski definition) is 1. The number of anilines is 1. The average Bonchev–Trinajstić information content (AvgIpc) is 3.42. The number of para-hydroxylation sites is 1. The van der Waals surface area contributed by atoms with Gasteiger partial charge < -0.3 is 10.2 Å². The summed E-state index contributed by atoms with van der Waals surface area (Å²) in [7, 11) is 1.73. The molecule has 0 bridgehead atoms. The van der Waals surface area contributed by atoms with E-state index in [0.717, 1.165) is 11.3 Å². The molecule has 1 aliphatic rings. The first-order valence-corrected chi connectivity index (χ1v) is 8.20. The van der Waals surface area contributed by atoms with Crippen molar-refractivity contribution in [2.75, 3.05) is 11.9 Å². The second kappa shape index (κ2) is 6.48. The average molecular weight is 322 g/mol. The lowest BCUT2D eigenvalue weighted by Gasteiger charge is -2.23. The third kappa shape index (κ3) is 3.18. The van der Waals surface area contributed by atoms with Crippen LogP contribution in [0.4, 0.5) is 5.69 Å². The van der Waals surface area contributed by atoms with Gasteiger partial charge in [0.15, 0.2) is 0 Å². The third-order valence-electron chi connectivity index (χ3n) is 4.62. The van der Waals surface area contributed by atoms with E-state index in [1.165, 1.54) is 5.56 Å². The molecule has 0 radical (unpaired) electrons. The number of rotatable bonds is 5. The summed E-state index contributed by atoms with van der Waals surface area (Å²) in [5.41, 5.74) is 2.13. The van der Waals surface area contributed by atoms with Crippen LogP contribution in [0.25, 0.3) is 0 Å². The number of aryl methyl sites for hydroxylation is 1. The topological polar surface area (TPSA) is 49.4 Å². The van der Waals surface area contributed by atoms with E-state index in [9.17, 15) is 9.59 Å². The van der Waals surface area contributed by atoms with Crippen LogP contribution < -0.4 is 10.2 Å². The molecule has 4 heteroatoms. The van der Waals surface area contributed by atoms with Gasteiger partial charge in [0.1, 0.15) is 5.41 Å². The SMILES string of the molecule is Cc1ccc(CNC(=O)C2(C(=O)N(C)c3ccccc3)CC2)cc1. The lowest BCUT2D eigenvalue weighted by molar-refractivity contribution is -0.135. The molecular formula is C20H22N2O2. The fourth-order valence-corrected chi connectivity index (χ4v) is 2.81. The summed E-state index contributed by atoms with van der Waals surface area (Å²) in [5, 5.41) is 2.92. The second-order valence-electron chi connectivity index (χ2n) is 6.45. The van der Waals surface area contributed by atoms with Crippen LogP contribution >= 0.6 is 0 Å². The van der Waals surface area contributed by atoms with Crippen molar-refractivity contribution >= 4 is 17.5 Å². The molecule has 0 heterocycles. The van der Waals surface area contributed by atoms with Gasteiger partial charge in [-0.1, -0.05) is 48.0 Å². The van der Waals surface area contributed by atoms with Crippen LogP contribution in [0, 0.1) is 12.3 Å². The predicted octanol–water partition coefficient (Wildman–Crippen LogP) is 3.05. The summed E-state index contributed by atoms with van der Waals surface area (Å²) in [4.78, 5) is 27.0. The number of carbonyl (C=O) groups is 2. The summed E-state index contributed by atoms with van der Waals surface area (Å²) < 4.78 is 0. The van der Waals surface area contributed by atoms with Crippen molar-refractivity contribution in [1.82, 2.24) is 5.32 Å². The first kappa shape index (κ1) is 16.2. The Bertz CT molecular complexity index is 734. The third-order valence-corrected chi connectivity index (χ3v) is 4.62. The number of hydrogen-bond acceptors (Lipinski definition) is 2. The van der Waals surface area contributed by atoms with Gasteiger partial charge in [0.2, 0.25) is 11.8 Å². The molecule has 0 unspecified atom stereocenters. The van der Waals surface area contributed by atoms with E-state index < -0.39 is 5.41 Å². The maximum atomic E-state index is 12.8. The van der Waals surface area contributed by atoms with Gasteiger partial charge in [0, 0.05) is 19.3 Å². The molecule has 1 aliphatic carbocycles. The molecule has 2 aromatic rings. The number of carbonyl (C=O) groups excluding carboxylic acids is 2. The molecule has 2 aromatic carbocycles. The Hall–Kier alpha value is -2.62. The molecule has 24 heavy (non-hydrogen) atoms. The molecular weight excluding hydrogens is 300 g/mol. The Balaban J connectivity index is 1.65. The number of amides is 2. The largest absolute Gasteiger partial charge is 0.351 e. The first-order chi connectivity index (χ1) is 11.5. The number of nitrogens with zero attached hydrogens (tertiary/aromatic N) is 1. The standard InChI is InChI=1S/C20H22N2O2/c1-15-8-10-16(11-9-15)14-21-18(23)20(12-13-20)19(24)22(2)17-6-4-3-5-7-17/h3-11H,12-14H2,1-2H3,(H,21,23). The quantitative estimate of drug-likeness (QED) is 0.860. The van der Waals surface area contributed by atoms with Crippen LogP contribution in [0.3, 0.4) is 0 Å². The van der Waals surface area contributed by atoms with Crippen molar-refractivity contribution in [2.45, 2.75) is 26.3 Å². The zero-order chi connectivity index (χ0) is 17.2. The summed E-state index contributed by atoms with van der Waals surface area (Å²) in [6.07, 6.45) is 1.23. The summed E-state index contributed by atoms with van der Waals surface area (Å²) >= 11 is 0. The first-order valence-electron chi connectivity index (χ1n) is 8.20. The second-order valence-corrected chi connectivity index (χ2v) is 6.45. The van der Waals surface area contributed by atoms with Crippen molar-refractivity contribution in [1.29, 1.82) is 0 Å². The Labute approximate surface area is 142 Å². The van der Waals surface area contributed by atoms with Gasteiger partial charge in [0.25, 0.3) is 0 Å². The minimum atomic E-state index is -0.894. The van der Waals surface area contributed by atoms with E-state index in [-0.39, 0.29) is 11.8 Å². The molecule has 0 aromatic heterocycles. The minimum Gasteiger partial charge on any atom is -0.351 e. The molecule has 0 spiro atoms. The van der Waals surface area contributed by atoms with Crippen molar-refractivity contribution in [3.8, 4) is 0 Å². The Morgan fingerprint density at radius 1 is 1.04 bits per heavy atom. The Morgan fingerprint density at radius 2 is 1.67 bits per heavy atom. The Kier molecular flexibility index (Phi) is 4.38. The van der Waals surface area contributed by atoms with Crippen LogP contribution in [0.2, 0.25) is 0 Å². The van der Waals surface area contributed by atoms with Crippen molar-refractivity contribution in [3.63, 3.8) is 0 Å². The van der Waals surface area contributed by atoms with E-state index in [1.54, 1.807) is 11.9 Å². The van der Waals surface area contributed by atoms with E-state index in [0.29, 0.717) is 19.4 Å². The number of benzene rings is 2. The van der Waals surface area contributed by atoms with Gasteiger partial charge in [-0.25, -0.2) is 0 Å². The van der Waals surface area contributed by atoms with E-state index in [1.807, 2.05) is 61.5 Å². The van der Waals surface area contributed by atoms with Gasteiger partial charge in [-0.05, 0) is 37.5 Å². The van der Waals surface area contributed by atoms with Crippen molar-refractivity contribution in [2.24, 2.45) is 5.41 Å². The van der Waals surface area contributed by atoms with Crippen LogP contribution in [0.5, 0.6) is 0 Å². The smallest absolute Gasteiger partial charge is 0.242 e. The highest BCUT2D eigenvalue weighted by Gasteiger charge is 2.57.